The number of hydrogen-bond donors (Lipinski definition) is 0. The van der Waals surface area contributed by atoms with Gasteiger partial charge in [0.05, 0.1) is 12.6 Å². The molecular formula is C12H15N5OS. The van der Waals surface area contributed by atoms with Gasteiger partial charge in [-0.25, -0.2) is 4.68 Å². The third-order valence-electron chi connectivity index (χ3n) is 3.02. The Balaban J connectivity index is 1.60. The summed E-state index contributed by atoms with van der Waals surface area (Å²) in [6.45, 7) is 1.60. The molecule has 0 radical (unpaired) electrons. The lowest BCUT2D eigenvalue weighted by Crippen LogP contribution is -2.16. The fraction of sp³-hybridized carbons (Fsp3) is 0.500. The van der Waals surface area contributed by atoms with Crippen molar-refractivity contribution in [3.63, 3.8) is 0 Å². The Bertz CT molecular complexity index is 512. The summed E-state index contributed by atoms with van der Waals surface area (Å²) in [5.41, 5.74) is 1.21. The van der Waals surface area contributed by atoms with E-state index in [2.05, 4.69) is 20.5 Å². The van der Waals surface area contributed by atoms with E-state index in [-0.39, 0.29) is 6.10 Å². The molecule has 100 valence electrons. The maximum Gasteiger partial charge on any atom is 0.209 e. The van der Waals surface area contributed by atoms with Gasteiger partial charge in [0.2, 0.25) is 5.16 Å². The van der Waals surface area contributed by atoms with Gasteiger partial charge in [-0.2, -0.15) is 0 Å². The van der Waals surface area contributed by atoms with Crippen LogP contribution < -0.4 is 0 Å². The van der Waals surface area contributed by atoms with Crippen molar-refractivity contribution in [2.75, 3.05) is 6.61 Å². The third kappa shape index (κ3) is 3.30. The molecule has 0 aliphatic carbocycles. The van der Waals surface area contributed by atoms with Crippen LogP contribution in [0.1, 0.15) is 18.4 Å². The highest BCUT2D eigenvalue weighted by atomic mass is 32.2. The zero-order chi connectivity index (χ0) is 12.9. The minimum atomic E-state index is 0.253. The summed E-state index contributed by atoms with van der Waals surface area (Å²) >= 11 is 1.63. The van der Waals surface area contributed by atoms with Crippen LogP contribution in [0, 0.1) is 0 Å². The van der Waals surface area contributed by atoms with Gasteiger partial charge in [0, 0.05) is 24.8 Å². The Hall–Kier alpha value is -1.47. The van der Waals surface area contributed by atoms with Crippen LogP contribution in [0.25, 0.3) is 0 Å². The standard InChI is InChI=1S/C12H15N5OS/c1-2-11(18-7-1)8-17-12(14-15-16-17)19-9-10-3-5-13-6-4-10/h3-6,11H,1-2,7-9H2. The lowest BCUT2D eigenvalue weighted by molar-refractivity contribution is 0.0912. The quantitative estimate of drug-likeness (QED) is 0.772. The van der Waals surface area contributed by atoms with Crippen molar-refractivity contribution in [2.24, 2.45) is 0 Å². The van der Waals surface area contributed by atoms with Crippen LogP contribution in [0.3, 0.4) is 0 Å². The van der Waals surface area contributed by atoms with Crippen LogP contribution in [0.15, 0.2) is 29.7 Å². The zero-order valence-corrected chi connectivity index (χ0v) is 11.3. The molecule has 0 N–H and O–H groups in total. The van der Waals surface area contributed by atoms with E-state index in [1.165, 1.54) is 5.56 Å². The highest BCUT2D eigenvalue weighted by molar-refractivity contribution is 7.98. The van der Waals surface area contributed by atoms with Gasteiger partial charge in [0.1, 0.15) is 0 Å². The van der Waals surface area contributed by atoms with Gasteiger partial charge in [0.25, 0.3) is 0 Å². The molecule has 1 atom stereocenters. The maximum absolute atomic E-state index is 5.61. The molecule has 0 spiro atoms. The smallest absolute Gasteiger partial charge is 0.209 e. The van der Waals surface area contributed by atoms with Crippen molar-refractivity contribution in [1.29, 1.82) is 0 Å². The van der Waals surface area contributed by atoms with E-state index in [9.17, 15) is 0 Å². The molecule has 3 heterocycles. The van der Waals surface area contributed by atoms with Crippen molar-refractivity contribution in [1.82, 2.24) is 25.2 Å². The van der Waals surface area contributed by atoms with E-state index in [0.717, 1.165) is 36.9 Å². The second-order valence-corrected chi connectivity index (χ2v) is 5.37. The Morgan fingerprint density at radius 1 is 1.37 bits per heavy atom. The summed E-state index contributed by atoms with van der Waals surface area (Å²) in [5.74, 6) is 0.842. The molecule has 0 amide bonds. The molecule has 3 rings (SSSR count). The summed E-state index contributed by atoms with van der Waals surface area (Å²) in [6.07, 6.45) is 6.07. The molecule has 2 aromatic rings. The number of nitrogens with zero attached hydrogens (tertiary/aromatic N) is 5. The first-order chi connectivity index (χ1) is 9.42. The minimum absolute atomic E-state index is 0.253. The molecule has 0 saturated carbocycles. The molecule has 6 nitrogen and oxygen atoms in total. The second kappa shape index (κ2) is 6.12. The Morgan fingerprint density at radius 3 is 3.05 bits per heavy atom. The second-order valence-electron chi connectivity index (χ2n) is 4.42. The number of tetrazole rings is 1. The fourth-order valence-corrected chi connectivity index (χ4v) is 2.87. The first kappa shape index (κ1) is 12.6. The van der Waals surface area contributed by atoms with Crippen molar-refractivity contribution in [2.45, 2.75) is 36.4 Å². The van der Waals surface area contributed by atoms with Crippen LogP contribution in [-0.4, -0.2) is 37.9 Å². The van der Waals surface area contributed by atoms with E-state index >= 15 is 0 Å². The lowest BCUT2D eigenvalue weighted by atomic mass is 10.2. The summed E-state index contributed by atoms with van der Waals surface area (Å²) in [7, 11) is 0. The number of pyridine rings is 1. The molecule has 1 unspecified atom stereocenters. The first-order valence-corrected chi connectivity index (χ1v) is 7.30. The molecule has 2 aromatic heterocycles. The van der Waals surface area contributed by atoms with E-state index in [0.29, 0.717) is 0 Å². The van der Waals surface area contributed by atoms with Crippen molar-refractivity contribution in [3.8, 4) is 0 Å². The topological polar surface area (TPSA) is 65.7 Å². The van der Waals surface area contributed by atoms with Crippen molar-refractivity contribution >= 4 is 11.8 Å². The predicted molar refractivity (Wildman–Crippen MR) is 70.6 cm³/mol. The van der Waals surface area contributed by atoms with Gasteiger partial charge in [-0.05, 0) is 41.0 Å². The first-order valence-electron chi connectivity index (χ1n) is 6.31. The molecule has 0 bridgehead atoms. The third-order valence-corrected chi connectivity index (χ3v) is 4.05. The van der Waals surface area contributed by atoms with Crippen LogP contribution in [0.2, 0.25) is 0 Å². The number of hydrogen-bond acceptors (Lipinski definition) is 6. The molecule has 1 aliphatic rings. The zero-order valence-electron chi connectivity index (χ0n) is 10.5. The molecular weight excluding hydrogens is 262 g/mol. The highest BCUT2D eigenvalue weighted by Gasteiger charge is 2.18. The van der Waals surface area contributed by atoms with Gasteiger partial charge in [0.15, 0.2) is 0 Å². The SMILES string of the molecule is c1cc(CSc2nnnn2CC2CCCO2)ccn1. The van der Waals surface area contributed by atoms with Crippen molar-refractivity contribution in [3.05, 3.63) is 30.1 Å². The van der Waals surface area contributed by atoms with Gasteiger partial charge in [-0.3, -0.25) is 4.98 Å². The molecule has 0 aromatic carbocycles. The van der Waals surface area contributed by atoms with Crippen LogP contribution in [0.4, 0.5) is 0 Å². The van der Waals surface area contributed by atoms with E-state index in [1.54, 1.807) is 24.2 Å². The Labute approximate surface area is 115 Å². The number of ether oxygens (including phenoxy) is 1. The van der Waals surface area contributed by atoms with E-state index in [1.807, 2.05) is 16.8 Å². The van der Waals surface area contributed by atoms with Gasteiger partial charge in [-0.15, -0.1) is 5.10 Å². The van der Waals surface area contributed by atoms with Crippen molar-refractivity contribution < 1.29 is 4.74 Å². The molecule has 7 heteroatoms. The summed E-state index contributed by atoms with van der Waals surface area (Å²) in [5, 5.41) is 12.7. The summed E-state index contributed by atoms with van der Waals surface area (Å²) in [6, 6.07) is 4.00. The monoisotopic (exact) mass is 277 g/mol. The molecule has 1 saturated heterocycles. The van der Waals surface area contributed by atoms with Gasteiger partial charge < -0.3 is 4.74 Å². The average Bonchev–Trinajstić information content (AvgIpc) is 3.10. The maximum atomic E-state index is 5.61. The normalized spacial score (nSPS) is 18.8. The lowest BCUT2D eigenvalue weighted by Gasteiger charge is -2.09. The highest BCUT2D eigenvalue weighted by Crippen LogP contribution is 2.21. The largest absolute Gasteiger partial charge is 0.376 e. The Morgan fingerprint density at radius 2 is 2.26 bits per heavy atom. The predicted octanol–water partition coefficient (Wildman–Crippen LogP) is 1.54. The average molecular weight is 277 g/mol. The summed E-state index contributed by atoms with van der Waals surface area (Å²) < 4.78 is 7.45. The van der Waals surface area contributed by atoms with Gasteiger partial charge >= 0.3 is 0 Å². The number of rotatable bonds is 5. The van der Waals surface area contributed by atoms with E-state index < -0.39 is 0 Å². The minimum Gasteiger partial charge on any atom is -0.376 e. The van der Waals surface area contributed by atoms with Crippen LogP contribution in [-0.2, 0) is 17.0 Å². The Kier molecular flexibility index (Phi) is 4.04. The molecule has 19 heavy (non-hydrogen) atoms. The summed E-state index contributed by atoms with van der Waals surface area (Å²) in [4.78, 5) is 4.01. The van der Waals surface area contributed by atoms with Gasteiger partial charge in [-0.1, -0.05) is 11.8 Å². The molecule has 1 fully saturated rings. The molecule has 1 aliphatic heterocycles. The van der Waals surface area contributed by atoms with E-state index in [4.69, 9.17) is 4.74 Å². The van der Waals surface area contributed by atoms with Crippen LogP contribution >= 0.6 is 11.8 Å². The number of thioether (sulfide) groups is 1. The number of aromatic nitrogens is 5. The fourth-order valence-electron chi connectivity index (χ4n) is 2.02. The van der Waals surface area contributed by atoms with Crippen LogP contribution in [0.5, 0.6) is 0 Å².